The molecule has 122 valence electrons. The van der Waals surface area contributed by atoms with E-state index in [4.69, 9.17) is 4.98 Å². The van der Waals surface area contributed by atoms with Crippen LogP contribution in [0.5, 0.6) is 0 Å². The molecule has 1 heterocycles. The van der Waals surface area contributed by atoms with Gasteiger partial charge in [-0.25, -0.2) is 4.98 Å². The third-order valence-corrected chi connectivity index (χ3v) is 3.77. The number of nitrogens with zero attached hydrogens (tertiary/aromatic N) is 2. The first-order chi connectivity index (χ1) is 11.7. The van der Waals surface area contributed by atoms with Crippen molar-refractivity contribution in [2.45, 2.75) is 18.7 Å². The second-order valence-corrected chi connectivity index (χ2v) is 5.64. The van der Waals surface area contributed by atoms with E-state index >= 15 is 0 Å². The summed E-state index contributed by atoms with van der Waals surface area (Å²) in [6.07, 6.45) is 13.6. The van der Waals surface area contributed by atoms with Gasteiger partial charge in [0.1, 0.15) is 5.82 Å². The molecule has 0 amide bonds. The number of imidazole rings is 1. The number of rotatable bonds is 6. The molecule has 0 saturated carbocycles. The fraction of sp³-hybridized carbons (Fsp3) is 0.0952. The van der Waals surface area contributed by atoms with Crippen molar-refractivity contribution in [3.8, 4) is 11.4 Å². The monoisotopic (exact) mass is 334 g/mol. The Morgan fingerprint density at radius 2 is 1.83 bits per heavy atom. The molecule has 1 aromatic heterocycles. The minimum atomic E-state index is 0.859. The fourth-order valence-electron chi connectivity index (χ4n) is 2.49. The van der Waals surface area contributed by atoms with Crippen LogP contribution in [0.3, 0.4) is 0 Å². The Kier molecular flexibility index (Phi) is 6.21. The first-order valence-corrected chi connectivity index (χ1v) is 8.24. The van der Waals surface area contributed by atoms with E-state index in [0.717, 1.165) is 33.4 Å². The molecule has 0 N–H and O–H groups in total. The largest absolute Gasteiger partial charge is 0.292 e. The third-order valence-electron chi connectivity index (χ3n) is 3.47. The summed E-state index contributed by atoms with van der Waals surface area (Å²) in [5.41, 5.74) is 3.84. The number of hydrogen-bond donors (Lipinski definition) is 1. The number of benzene rings is 1. The smallest absolute Gasteiger partial charge is 0.145 e. The van der Waals surface area contributed by atoms with Gasteiger partial charge in [-0.05, 0) is 50.3 Å². The van der Waals surface area contributed by atoms with Crippen molar-refractivity contribution in [2.75, 3.05) is 0 Å². The Bertz CT molecular complexity index is 818. The van der Waals surface area contributed by atoms with Gasteiger partial charge in [-0.2, -0.15) is 0 Å². The molecule has 0 fully saturated rings. The van der Waals surface area contributed by atoms with E-state index in [1.807, 2.05) is 74.6 Å². The Labute approximate surface area is 149 Å². The van der Waals surface area contributed by atoms with Crippen molar-refractivity contribution < 1.29 is 0 Å². The van der Waals surface area contributed by atoms with Gasteiger partial charge in [-0.3, -0.25) is 4.57 Å². The number of thiol groups is 1. The molecule has 0 bridgehead atoms. The topological polar surface area (TPSA) is 17.8 Å². The summed E-state index contributed by atoms with van der Waals surface area (Å²) in [7, 11) is 0. The van der Waals surface area contributed by atoms with Crippen LogP contribution in [0, 0.1) is 0 Å². The molecule has 0 saturated heterocycles. The summed E-state index contributed by atoms with van der Waals surface area (Å²) in [5, 5.41) is 0. The Morgan fingerprint density at radius 3 is 2.38 bits per heavy atom. The van der Waals surface area contributed by atoms with Gasteiger partial charge in [-0.1, -0.05) is 43.5 Å². The molecule has 3 heteroatoms. The van der Waals surface area contributed by atoms with E-state index in [0.29, 0.717) is 0 Å². The molecule has 0 aliphatic carbocycles. The molecule has 0 radical (unpaired) electrons. The summed E-state index contributed by atoms with van der Waals surface area (Å²) in [6, 6.07) is 7.98. The van der Waals surface area contributed by atoms with Crippen molar-refractivity contribution in [3.63, 3.8) is 0 Å². The number of aromatic nitrogens is 2. The average Bonchev–Trinajstić information content (AvgIpc) is 2.94. The van der Waals surface area contributed by atoms with Crippen LogP contribution >= 0.6 is 12.6 Å². The van der Waals surface area contributed by atoms with E-state index in [1.54, 1.807) is 6.08 Å². The van der Waals surface area contributed by atoms with Crippen molar-refractivity contribution in [1.82, 2.24) is 9.55 Å². The van der Waals surface area contributed by atoms with Crippen LogP contribution in [-0.4, -0.2) is 9.55 Å². The molecule has 0 aliphatic heterocycles. The number of hydrogen-bond acceptors (Lipinski definition) is 2. The highest BCUT2D eigenvalue weighted by atomic mass is 32.1. The molecule has 0 atom stereocenters. The van der Waals surface area contributed by atoms with Gasteiger partial charge in [0.15, 0.2) is 0 Å². The lowest BCUT2D eigenvalue weighted by atomic mass is 10.2. The Morgan fingerprint density at radius 1 is 1.12 bits per heavy atom. The SMILES string of the molecule is C=C/C=C(\C=C/C)n1c(-c2ccc(S)cc2)nc(/C=C\C)c1C=C. The van der Waals surface area contributed by atoms with Crippen molar-refractivity contribution in [3.05, 3.63) is 79.2 Å². The molecule has 0 aliphatic rings. The first-order valence-electron chi connectivity index (χ1n) is 7.79. The van der Waals surface area contributed by atoms with Crippen LogP contribution in [0.4, 0.5) is 0 Å². The quantitative estimate of drug-likeness (QED) is 0.498. The molecule has 1 aromatic carbocycles. The lowest BCUT2D eigenvalue weighted by Crippen LogP contribution is -2.00. The van der Waals surface area contributed by atoms with Gasteiger partial charge in [0.2, 0.25) is 0 Å². The molecule has 2 nitrogen and oxygen atoms in total. The summed E-state index contributed by atoms with van der Waals surface area (Å²) in [6.45, 7) is 11.8. The molecule has 2 rings (SSSR count). The Balaban J connectivity index is 2.82. The van der Waals surface area contributed by atoms with Gasteiger partial charge in [0.05, 0.1) is 11.4 Å². The minimum Gasteiger partial charge on any atom is -0.292 e. The van der Waals surface area contributed by atoms with Crippen LogP contribution in [-0.2, 0) is 0 Å². The van der Waals surface area contributed by atoms with Gasteiger partial charge in [0, 0.05) is 16.2 Å². The van der Waals surface area contributed by atoms with Crippen molar-refractivity contribution >= 4 is 30.5 Å². The average molecular weight is 334 g/mol. The maximum absolute atomic E-state index is 4.83. The second-order valence-electron chi connectivity index (χ2n) is 5.12. The molecule has 0 spiro atoms. The van der Waals surface area contributed by atoms with Crippen LogP contribution in [0.2, 0.25) is 0 Å². The predicted octanol–water partition coefficient (Wildman–Crippen LogP) is 6.12. The summed E-state index contributed by atoms with van der Waals surface area (Å²) in [4.78, 5) is 5.75. The summed E-state index contributed by atoms with van der Waals surface area (Å²) in [5.74, 6) is 0.859. The molecule has 24 heavy (non-hydrogen) atoms. The molecule has 2 aromatic rings. The van der Waals surface area contributed by atoms with Crippen LogP contribution in [0.25, 0.3) is 29.2 Å². The van der Waals surface area contributed by atoms with Crippen LogP contribution < -0.4 is 0 Å². The maximum atomic E-state index is 4.83. The third kappa shape index (κ3) is 3.69. The lowest BCUT2D eigenvalue weighted by molar-refractivity contribution is 1.09. The van der Waals surface area contributed by atoms with E-state index < -0.39 is 0 Å². The fourth-order valence-corrected chi connectivity index (χ4v) is 2.64. The zero-order valence-corrected chi connectivity index (χ0v) is 15.0. The number of allylic oxidation sites excluding steroid dienone is 6. The minimum absolute atomic E-state index is 0.859. The molecular formula is C21H22N2S. The zero-order chi connectivity index (χ0) is 17.5. The van der Waals surface area contributed by atoms with Gasteiger partial charge >= 0.3 is 0 Å². The van der Waals surface area contributed by atoms with E-state index in [2.05, 4.69) is 30.4 Å². The van der Waals surface area contributed by atoms with Gasteiger partial charge in [0.25, 0.3) is 0 Å². The Hall–Kier alpha value is -2.52. The van der Waals surface area contributed by atoms with E-state index in [9.17, 15) is 0 Å². The summed E-state index contributed by atoms with van der Waals surface area (Å²) >= 11 is 4.36. The lowest BCUT2D eigenvalue weighted by Gasteiger charge is -2.11. The van der Waals surface area contributed by atoms with Gasteiger partial charge in [-0.15, -0.1) is 12.6 Å². The summed E-state index contributed by atoms with van der Waals surface area (Å²) < 4.78 is 2.09. The standard InChI is InChI=1S/C21H22N2S/c1-5-9-17(10-6-2)23-20(8-4)19(11-7-3)22-21(23)16-12-14-18(24)15-13-16/h5-15,24H,1,4H2,2-3H3/b10-6-,11-7-,17-9+. The first kappa shape index (κ1) is 17.8. The van der Waals surface area contributed by atoms with Crippen LogP contribution in [0.15, 0.2) is 72.7 Å². The van der Waals surface area contributed by atoms with E-state index in [-0.39, 0.29) is 0 Å². The molecular weight excluding hydrogens is 312 g/mol. The highest BCUT2D eigenvalue weighted by molar-refractivity contribution is 7.80. The maximum Gasteiger partial charge on any atom is 0.145 e. The van der Waals surface area contributed by atoms with E-state index in [1.165, 1.54) is 0 Å². The molecule has 0 unspecified atom stereocenters. The van der Waals surface area contributed by atoms with Crippen molar-refractivity contribution in [2.24, 2.45) is 0 Å². The van der Waals surface area contributed by atoms with Crippen LogP contribution in [0.1, 0.15) is 25.2 Å². The highest BCUT2D eigenvalue weighted by Crippen LogP contribution is 2.29. The predicted molar refractivity (Wildman–Crippen MR) is 109 cm³/mol. The normalized spacial score (nSPS) is 12.2. The van der Waals surface area contributed by atoms with Crippen molar-refractivity contribution in [1.29, 1.82) is 0 Å². The van der Waals surface area contributed by atoms with Gasteiger partial charge < -0.3 is 0 Å². The highest BCUT2D eigenvalue weighted by Gasteiger charge is 2.16. The second kappa shape index (κ2) is 8.37. The zero-order valence-electron chi connectivity index (χ0n) is 14.1.